The molecule has 0 bridgehead atoms. The third-order valence-electron chi connectivity index (χ3n) is 3.44. The molecule has 0 saturated heterocycles. The smallest absolute Gasteiger partial charge is 0.241 e. The lowest BCUT2D eigenvalue weighted by Gasteiger charge is -2.06. The number of fused-ring (bicyclic) bond motifs is 1. The van der Waals surface area contributed by atoms with E-state index in [1.165, 1.54) is 12.1 Å². The SMILES string of the molecule is O=C(Cn1nnc2ccccc21)NCCCSc1ccc(F)cc1. The highest BCUT2D eigenvalue weighted by Crippen LogP contribution is 2.18. The number of nitrogens with one attached hydrogen (secondary N) is 1. The summed E-state index contributed by atoms with van der Waals surface area (Å²) in [6.45, 7) is 0.755. The summed E-state index contributed by atoms with van der Waals surface area (Å²) in [7, 11) is 0. The third-order valence-corrected chi connectivity index (χ3v) is 4.54. The van der Waals surface area contributed by atoms with Crippen LogP contribution in [-0.4, -0.2) is 33.2 Å². The van der Waals surface area contributed by atoms with Crippen LogP contribution < -0.4 is 5.32 Å². The van der Waals surface area contributed by atoms with Gasteiger partial charge in [-0.25, -0.2) is 9.07 Å². The van der Waals surface area contributed by atoms with Crippen molar-refractivity contribution in [3.05, 3.63) is 54.3 Å². The summed E-state index contributed by atoms with van der Waals surface area (Å²) in [6.07, 6.45) is 0.839. The molecule has 0 unspecified atom stereocenters. The molecule has 1 amide bonds. The highest BCUT2D eigenvalue weighted by molar-refractivity contribution is 7.99. The van der Waals surface area contributed by atoms with Crippen molar-refractivity contribution in [1.82, 2.24) is 20.3 Å². The van der Waals surface area contributed by atoms with E-state index in [1.807, 2.05) is 24.3 Å². The Morgan fingerprint density at radius 1 is 1.17 bits per heavy atom. The van der Waals surface area contributed by atoms with E-state index in [4.69, 9.17) is 0 Å². The predicted octanol–water partition coefficient (Wildman–Crippen LogP) is 2.87. The second-order valence-electron chi connectivity index (χ2n) is 5.24. The first-order chi connectivity index (χ1) is 11.7. The molecule has 0 atom stereocenters. The summed E-state index contributed by atoms with van der Waals surface area (Å²) in [6, 6.07) is 14.0. The zero-order chi connectivity index (χ0) is 16.8. The number of carbonyl (C=O) groups is 1. The summed E-state index contributed by atoms with van der Waals surface area (Å²) < 4.78 is 14.4. The number of halogens is 1. The van der Waals surface area contributed by atoms with E-state index in [1.54, 1.807) is 28.6 Å². The minimum absolute atomic E-state index is 0.0857. The zero-order valence-electron chi connectivity index (χ0n) is 13.0. The van der Waals surface area contributed by atoms with Crippen LogP contribution in [-0.2, 0) is 11.3 Å². The molecule has 5 nitrogen and oxygen atoms in total. The van der Waals surface area contributed by atoms with Crippen LogP contribution in [0.1, 0.15) is 6.42 Å². The van der Waals surface area contributed by atoms with Crippen LogP contribution >= 0.6 is 11.8 Å². The summed E-state index contributed by atoms with van der Waals surface area (Å²) in [5, 5.41) is 10.9. The average Bonchev–Trinajstić information content (AvgIpc) is 2.99. The van der Waals surface area contributed by atoms with Gasteiger partial charge in [0.25, 0.3) is 0 Å². The molecular formula is C17H17FN4OS. The van der Waals surface area contributed by atoms with Crippen LogP contribution in [0.25, 0.3) is 11.0 Å². The highest BCUT2D eigenvalue weighted by Gasteiger charge is 2.07. The van der Waals surface area contributed by atoms with Gasteiger partial charge in [-0.3, -0.25) is 4.79 Å². The first-order valence-electron chi connectivity index (χ1n) is 7.66. The number of aromatic nitrogens is 3. The maximum atomic E-state index is 12.8. The maximum Gasteiger partial charge on any atom is 0.241 e. The van der Waals surface area contributed by atoms with Gasteiger partial charge in [-0.05, 0) is 48.6 Å². The monoisotopic (exact) mass is 344 g/mol. The lowest BCUT2D eigenvalue weighted by molar-refractivity contribution is -0.121. The molecule has 7 heteroatoms. The van der Waals surface area contributed by atoms with Crippen molar-refractivity contribution in [2.45, 2.75) is 17.9 Å². The van der Waals surface area contributed by atoms with Gasteiger partial charge in [0, 0.05) is 11.4 Å². The second kappa shape index (κ2) is 7.92. The van der Waals surface area contributed by atoms with Crippen molar-refractivity contribution in [2.24, 2.45) is 0 Å². The number of amides is 1. The fraction of sp³-hybridized carbons (Fsp3) is 0.235. The lowest BCUT2D eigenvalue weighted by Crippen LogP contribution is -2.29. The number of hydrogen-bond acceptors (Lipinski definition) is 4. The molecule has 2 aromatic carbocycles. The Bertz CT molecular complexity index is 819. The van der Waals surface area contributed by atoms with E-state index in [9.17, 15) is 9.18 Å². The van der Waals surface area contributed by atoms with E-state index < -0.39 is 0 Å². The van der Waals surface area contributed by atoms with E-state index in [0.717, 1.165) is 28.1 Å². The molecule has 1 aromatic heterocycles. The zero-order valence-corrected chi connectivity index (χ0v) is 13.8. The second-order valence-corrected chi connectivity index (χ2v) is 6.41. The van der Waals surface area contributed by atoms with E-state index in [-0.39, 0.29) is 18.3 Å². The normalized spacial score (nSPS) is 10.9. The summed E-state index contributed by atoms with van der Waals surface area (Å²) in [5.74, 6) is 0.544. The van der Waals surface area contributed by atoms with Crippen LogP contribution in [0.3, 0.4) is 0 Å². The van der Waals surface area contributed by atoms with Gasteiger partial charge in [-0.2, -0.15) is 0 Å². The Balaban J connectivity index is 1.39. The van der Waals surface area contributed by atoms with Gasteiger partial charge in [0.15, 0.2) is 0 Å². The Labute approximate surface area is 143 Å². The number of carbonyl (C=O) groups excluding carboxylic acids is 1. The molecule has 3 rings (SSSR count). The van der Waals surface area contributed by atoms with Gasteiger partial charge >= 0.3 is 0 Å². The maximum absolute atomic E-state index is 12.8. The van der Waals surface area contributed by atoms with E-state index in [0.29, 0.717) is 6.54 Å². The lowest BCUT2D eigenvalue weighted by atomic mass is 10.3. The van der Waals surface area contributed by atoms with Gasteiger partial charge in [-0.1, -0.05) is 17.3 Å². The van der Waals surface area contributed by atoms with Gasteiger partial charge in [0.05, 0.1) is 5.52 Å². The molecule has 24 heavy (non-hydrogen) atoms. The number of nitrogens with zero attached hydrogens (tertiary/aromatic N) is 3. The number of benzene rings is 2. The molecule has 0 fully saturated rings. The average molecular weight is 344 g/mol. The molecule has 0 spiro atoms. The molecule has 0 aliphatic heterocycles. The molecule has 0 aliphatic carbocycles. The van der Waals surface area contributed by atoms with Crippen LogP contribution in [0.2, 0.25) is 0 Å². The number of rotatable bonds is 7. The van der Waals surface area contributed by atoms with Crippen LogP contribution in [0.4, 0.5) is 4.39 Å². The third kappa shape index (κ3) is 4.32. The topological polar surface area (TPSA) is 59.8 Å². The summed E-state index contributed by atoms with van der Waals surface area (Å²) in [5.41, 5.74) is 1.63. The number of thioether (sulfide) groups is 1. The minimum Gasteiger partial charge on any atom is -0.354 e. The van der Waals surface area contributed by atoms with Crippen molar-refractivity contribution in [1.29, 1.82) is 0 Å². The van der Waals surface area contributed by atoms with Crippen molar-refractivity contribution in [2.75, 3.05) is 12.3 Å². The molecule has 0 aliphatic rings. The highest BCUT2D eigenvalue weighted by atomic mass is 32.2. The van der Waals surface area contributed by atoms with Crippen molar-refractivity contribution >= 4 is 28.7 Å². The van der Waals surface area contributed by atoms with E-state index >= 15 is 0 Å². The Kier molecular flexibility index (Phi) is 5.43. The molecule has 0 saturated carbocycles. The van der Waals surface area contributed by atoms with Crippen LogP contribution in [0, 0.1) is 5.82 Å². The minimum atomic E-state index is -0.229. The van der Waals surface area contributed by atoms with Gasteiger partial charge in [-0.15, -0.1) is 16.9 Å². The summed E-state index contributed by atoms with van der Waals surface area (Å²) in [4.78, 5) is 13.0. The molecule has 124 valence electrons. The predicted molar refractivity (Wildman–Crippen MR) is 92.3 cm³/mol. The fourth-order valence-electron chi connectivity index (χ4n) is 2.25. The van der Waals surface area contributed by atoms with Crippen molar-refractivity contribution in [3.63, 3.8) is 0 Å². The van der Waals surface area contributed by atoms with Crippen LogP contribution in [0.15, 0.2) is 53.4 Å². The van der Waals surface area contributed by atoms with Gasteiger partial charge in [0.2, 0.25) is 5.91 Å². The fourth-order valence-corrected chi connectivity index (χ4v) is 3.10. The largest absolute Gasteiger partial charge is 0.354 e. The molecule has 0 radical (unpaired) electrons. The first-order valence-corrected chi connectivity index (χ1v) is 8.64. The number of hydrogen-bond donors (Lipinski definition) is 1. The van der Waals surface area contributed by atoms with Gasteiger partial charge in [0.1, 0.15) is 17.9 Å². The Morgan fingerprint density at radius 2 is 1.96 bits per heavy atom. The quantitative estimate of drug-likeness (QED) is 0.529. The molecule has 1 heterocycles. The van der Waals surface area contributed by atoms with Crippen LogP contribution in [0.5, 0.6) is 0 Å². The Hall–Kier alpha value is -2.41. The van der Waals surface area contributed by atoms with Crippen molar-refractivity contribution < 1.29 is 9.18 Å². The molecule has 3 aromatic rings. The summed E-state index contributed by atoms with van der Waals surface area (Å²) >= 11 is 1.64. The van der Waals surface area contributed by atoms with Gasteiger partial charge < -0.3 is 5.32 Å². The first kappa shape index (κ1) is 16.4. The Morgan fingerprint density at radius 3 is 2.79 bits per heavy atom. The van der Waals surface area contributed by atoms with E-state index in [2.05, 4.69) is 15.6 Å². The molecule has 1 N–H and O–H groups in total. The van der Waals surface area contributed by atoms with Crippen molar-refractivity contribution in [3.8, 4) is 0 Å². The standard InChI is InChI=1S/C17H17FN4OS/c18-13-6-8-14(9-7-13)24-11-3-10-19-17(23)12-22-16-5-2-1-4-15(16)20-21-22/h1-2,4-9H,3,10-12H2,(H,19,23). The molecular weight excluding hydrogens is 327 g/mol. The number of para-hydroxylation sites is 1.